The van der Waals surface area contributed by atoms with E-state index in [1.54, 1.807) is 12.1 Å². The molecule has 0 aromatic heterocycles. The molecule has 2 aliphatic rings. The van der Waals surface area contributed by atoms with Crippen molar-refractivity contribution in [1.29, 1.82) is 0 Å². The molecule has 1 fully saturated rings. The van der Waals surface area contributed by atoms with Gasteiger partial charge in [0.1, 0.15) is 0 Å². The van der Waals surface area contributed by atoms with Crippen molar-refractivity contribution in [3.8, 4) is 0 Å². The van der Waals surface area contributed by atoms with E-state index in [1.807, 2.05) is 12.1 Å². The second kappa shape index (κ2) is 7.10. The first-order valence-electron chi connectivity index (χ1n) is 9.26. The first-order valence-corrected chi connectivity index (χ1v) is 14.1. The van der Waals surface area contributed by atoms with Gasteiger partial charge in [-0.25, -0.2) is 25.3 Å². The van der Waals surface area contributed by atoms with E-state index in [2.05, 4.69) is 0 Å². The van der Waals surface area contributed by atoms with Crippen molar-refractivity contribution in [1.82, 2.24) is 0 Å². The standard InChI is InChI=1S/C19H21NO6S3/c21-27(22)12-10-18(14-27)28(23,24)16-7-3-8-17(13-16)29(25,26)20-11-4-6-15-5-1-2-9-19(15)20/h1-3,5,7-9,13,18H,4,6,10-12,14H2. The third-order valence-electron chi connectivity index (χ3n) is 5.42. The normalized spacial score (nSPS) is 21.7. The fourth-order valence-electron chi connectivity index (χ4n) is 3.89. The maximum absolute atomic E-state index is 13.3. The van der Waals surface area contributed by atoms with Gasteiger partial charge in [0.05, 0.1) is 32.2 Å². The molecule has 0 aliphatic carbocycles. The molecule has 4 rings (SSSR count). The minimum Gasteiger partial charge on any atom is -0.266 e. The van der Waals surface area contributed by atoms with Gasteiger partial charge in [-0.3, -0.25) is 4.31 Å². The van der Waals surface area contributed by atoms with Gasteiger partial charge >= 0.3 is 0 Å². The Morgan fingerprint density at radius 3 is 2.38 bits per heavy atom. The van der Waals surface area contributed by atoms with Gasteiger partial charge in [0.15, 0.2) is 19.7 Å². The summed E-state index contributed by atoms with van der Waals surface area (Å²) in [6.45, 7) is 0.317. The summed E-state index contributed by atoms with van der Waals surface area (Å²) < 4.78 is 77.1. The van der Waals surface area contributed by atoms with E-state index in [0.717, 1.165) is 18.1 Å². The predicted octanol–water partition coefficient (Wildman–Crippen LogP) is 1.79. The Kier molecular flexibility index (Phi) is 4.99. The fourth-order valence-corrected chi connectivity index (χ4v) is 9.95. The zero-order chi connectivity index (χ0) is 20.9. The Balaban J connectivity index is 1.73. The Morgan fingerprint density at radius 1 is 0.931 bits per heavy atom. The molecule has 0 bridgehead atoms. The molecule has 0 spiro atoms. The maximum Gasteiger partial charge on any atom is 0.264 e. The number of para-hydroxylation sites is 1. The number of hydrogen-bond acceptors (Lipinski definition) is 6. The van der Waals surface area contributed by atoms with Gasteiger partial charge in [0.2, 0.25) is 0 Å². The molecule has 2 aromatic carbocycles. The lowest BCUT2D eigenvalue weighted by Gasteiger charge is -2.30. The van der Waals surface area contributed by atoms with Crippen LogP contribution in [-0.2, 0) is 36.1 Å². The van der Waals surface area contributed by atoms with E-state index < -0.39 is 40.7 Å². The SMILES string of the molecule is O=S1(=O)CCC(S(=O)(=O)c2cccc(S(=O)(=O)N3CCCc4ccccc43)c2)C1. The van der Waals surface area contributed by atoms with Crippen molar-refractivity contribution in [3.63, 3.8) is 0 Å². The number of nitrogens with zero attached hydrogens (tertiary/aromatic N) is 1. The monoisotopic (exact) mass is 455 g/mol. The van der Waals surface area contributed by atoms with Crippen molar-refractivity contribution in [2.24, 2.45) is 0 Å². The van der Waals surface area contributed by atoms with Crippen LogP contribution in [0.15, 0.2) is 58.3 Å². The van der Waals surface area contributed by atoms with Gasteiger partial charge in [0.25, 0.3) is 10.0 Å². The topological polar surface area (TPSA) is 106 Å². The average molecular weight is 456 g/mol. The zero-order valence-corrected chi connectivity index (χ0v) is 18.0. The average Bonchev–Trinajstić information content (AvgIpc) is 3.08. The summed E-state index contributed by atoms with van der Waals surface area (Å²) in [5.41, 5.74) is 1.54. The van der Waals surface area contributed by atoms with E-state index in [4.69, 9.17) is 0 Å². The van der Waals surface area contributed by atoms with Crippen molar-refractivity contribution in [2.75, 3.05) is 22.4 Å². The number of rotatable bonds is 4. The van der Waals surface area contributed by atoms with Crippen LogP contribution in [0.2, 0.25) is 0 Å². The number of anilines is 1. The highest BCUT2D eigenvalue weighted by Gasteiger charge is 2.38. The molecule has 10 heteroatoms. The molecule has 1 atom stereocenters. The van der Waals surface area contributed by atoms with Gasteiger partial charge < -0.3 is 0 Å². The van der Waals surface area contributed by atoms with Crippen molar-refractivity contribution < 1.29 is 25.3 Å². The largest absolute Gasteiger partial charge is 0.266 e. The molecular formula is C19H21NO6S3. The van der Waals surface area contributed by atoms with Crippen LogP contribution < -0.4 is 4.31 Å². The number of sulfonamides is 1. The number of hydrogen-bond donors (Lipinski definition) is 0. The quantitative estimate of drug-likeness (QED) is 0.696. The highest BCUT2D eigenvalue weighted by molar-refractivity contribution is 7.96. The van der Waals surface area contributed by atoms with Gasteiger partial charge in [-0.05, 0) is 49.1 Å². The Morgan fingerprint density at radius 2 is 1.66 bits per heavy atom. The summed E-state index contributed by atoms with van der Waals surface area (Å²) in [7, 11) is -11.3. The van der Waals surface area contributed by atoms with Crippen LogP contribution in [0.3, 0.4) is 0 Å². The zero-order valence-electron chi connectivity index (χ0n) is 15.6. The van der Waals surface area contributed by atoms with Crippen LogP contribution in [0.4, 0.5) is 5.69 Å². The number of aryl methyl sites for hydroxylation is 1. The minimum absolute atomic E-state index is 0.0289. The summed E-state index contributed by atoms with van der Waals surface area (Å²) >= 11 is 0. The Hall–Kier alpha value is -1.91. The molecular weight excluding hydrogens is 434 g/mol. The summed E-state index contributed by atoms with van der Waals surface area (Å²) in [5.74, 6) is -0.592. The molecule has 2 aliphatic heterocycles. The molecule has 2 heterocycles. The van der Waals surface area contributed by atoms with Crippen LogP contribution in [-0.4, -0.2) is 48.6 Å². The Bertz CT molecular complexity index is 1270. The van der Waals surface area contributed by atoms with E-state index >= 15 is 0 Å². The lowest BCUT2D eigenvalue weighted by atomic mass is 10.0. The second-order valence-electron chi connectivity index (χ2n) is 7.35. The van der Waals surface area contributed by atoms with E-state index in [0.29, 0.717) is 18.7 Å². The number of benzene rings is 2. The molecule has 1 unspecified atom stereocenters. The fraction of sp³-hybridized carbons (Fsp3) is 0.368. The van der Waals surface area contributed by atoms with Crippen LogP contribution in [0.25, 0.3) is 0 Å². The molecule has 0 radical (unpaired) electrons. The molecule has 0 saturated carbocycles. The van der Waals surface area contributed by atoms with E-state index in [9.17, 15) is 25.3 Å². The highest BCUT2D eigenvalue weighted by atomic mass is 32.2. The van der Waals surface area contributed by atoms with Crippen LogP contribution in [0.1, 0.15) is 18.4 Å². The van der Waals surface area contributed by atoms with Crippen molar-refractivity contribution in [2.45, 2.75) is 34.3 Å². The smallest absolute Gasteiger partial charge is 0.264 e. The molecule has 0 amide bonds. The van der Waals surface area contributed by atoms with Gasteiger partial charge in [-0.15, -0.1) is 0 Å². The number of sulfone groups is 2. The maximum atomic E-state index is 13.3. The summed E-state index contributed by atoms with van der Waals surface area (Å²) in [4.78, 5) is -0.276. The lowest BCUT2D eigenvalue weighted by molar-refractivity contribution is 0.581. The van der Waals surface area contributed by atoms with Gasteiger partial charge in [-0.2, -0.15) is 0 Å². The molecule has 156 valence electrons. The van der Waals surface area contributed by atoms with Gasteiger partial charge in [0, 0.05) is 6.54 Å². The van der Waals surface area contributed by atoms with E-state index in [-0.39, 0.29) is 22.0 Å². The molecule has 2 aromatic rings. The first-order chi connectivity index (χ1) is 13.6. The third kappa shape index (κ3) is 3.69. The van der Waals surface area contributed by atoms with Crippen LogP contribution in [0, 0.1) is 0 Å². The van der Waals surface area contributed by atoms with Crippen LogP contribution >= 0.6 is 0 Å². The molecule has 7 nitrogen and oxygen atoms in total. The predicted molar refractivity (Wildman–Crippen MR) is 110 cm³/mol. The highest BCUT2D eigenvalue weighted by Crippen LogP contribution is 2.33. The second-order valence-corrected chi connectivity index (χ2v) is 13.7. The number of fused-ring (bicyclic) bond motifs is 1. The molecule has 1 saturated heterocycles. The summed E-state index contributed by atoms with van der Waals surface area (Å²) in [6, 6.07) is 12.5. The minimum atomic E-state index is -3.95. The molecule has 29 heavy (non-hydrogen) atoms. The first kappa shape index (κ1) is 20.4. The lowest BCUT2D eigenvalue weighted by Crippen LogP contribution is -2.35. The van der Waals surface area contributed by atoms with Crippen molar-refractivity contribution >= 4 is 35.4 Å². The summed E-state index contributed by atoms with van der Waals surface area (Å²) in [5, 5.41) is -1.04. The van der Waals surface area contributed by atoms with Crippen LogP contribution in [0.5, 0.6) is 0 Å². The van der Waals surface area contributed by atoms with Crippen molar-refractivity contribution in [3.05, 3.63) is 54.1 Å². The molecule has 0 N–H and O–H groups in total. The Labute approximate surface area is 171 Å². The third-order valence-corrected chi connectivity index (χ3v) is 11.4. The van der Waals surface area contributed by atoms with E-state index in [1.165, 1.54) is 22.5 Å². The van der Waals surface area contributed by atoms with Gasteiger partial charge in [-0.1, -0.05) is 24.3 Å². The summed E-state index contributed by atoms with van der Waals surface area (Å²) in [6.07, 6.45) is 1.49.